The molecule has 0 saturated heterocycles. The molecule has 6 heteroatoms. The predicted octanol–water partition coefficient (Wildman–Crippen LogP) is 2.20. The molecule has 0 amide bonds. The second-order valence-electron chi connectivity index (χ2n) is 4.03. The van der Waals surface area contributed by atoms with Gasteiger partial charge in [0.05, 0.1) is 21.9 Å². The summed E-state index contributed by atoms with van der Waals surface area (Å²) >= 11 is 1.45. The number of hydrogen-bond donors (Lipinski definition) is 1. The van der Waals surface area contributed by atoms with Gasteiger partial charge < -0.3 is 4.98 Å². The van der Waals surface area contributed by atoms with Crippen molar-refractivity contribution < 1.29 is 0 Å². The second kappa shape index (κ2) is 5.67. The van der Waals surface area contributed by atoms with Crippen LogP contribution in [0.3, 0.4) is 0 Å². The van der Waals surface area contributed by atoms with Gasteiger partial charge in [-0.05, 0) is 26.0 Å². The zero-order valence-corrected chi connectivity index (χ0v) is 11.4. The van der Waals surface area contributed by atoms with Gasteiger partial charge in [-0.25, -0.2) is 9.97 Å². The Morgan fingerprint density at radius 1 is 1.47 bits per heavy atom. The molecule has 1 unspecified atom stereocenters. The number of nitriles is 1. The van der Waals surface area contributed by atoms with E-state index in [1.165, 1.54) is 17.8 Å². The topological polar surface area (TPSA) is 82.4 Å². The van der Waals surface area contributed by atoms with E-state index in [9.17, 15) is 4.79 Å². The van der Waals surface area contributed by atoms with E-state index in [1.807, 2.05) is 6.92 Å². The van der Waals surface area contributed by atoms with Gasteiger partial charge in [-0.1, -0.05) is 11.8 Å². The second-order valence-corrected chi connectivity index (χ2v) is 5.39. The largest absolute Gasteiger partial charge is 0.310 e. The number of rotatable bonds is 3. The highest BCUT2D eigenvalue weighted by atomic mass is 32.2. The van der Waals surface area contributed by atoms with Crippen molar-refractivity contribution in [3.05, 3.63) is 51.8 Å². The monoisotopic (exact) mass is 272 g/mol. The standard InChI is InChI=1S/C13H12N4OS/c1-8-5-11(18)17-13(16-8)9(2)19-12-6-10(7-14)3-4-15-12/h3-6,9H,1-2H3,(H,16,17,18). The van der Waals surface area contributed by atoms with Crippen molar-refractivity contribution in [3.8, 4) is 6.07 Å². The van der Waals surface area contributed by atoms with Crippen LogP contribution in [0, 0.1) is 18.3 Å². The number of nitrogens with one attached hydrogen (secondary N) is 1. The molecule has 0 aliphatic rings. The first kappa shape index (κ1) is 13.3. The van der Waals surface area contributed by atoms with Gasteiger partial charge >= 0.3 is 0 Å². The van der Waals surface area contributed by atoms with Crippen molar-refractivity contribution in [2.24, 2.45) is 0 Å². The number of pyridine rings is 1. The molecule has 0 aliphatic heterocycles. The Bertz CT molecular complexity index is 690. The summed E-state index contributed by atoms with van der Waals surface area (Å²) in [5, 5.41) is 9.52. The van der Waals surface area contributed by atoms with Crippen molar-refractivity contribution in [1.82, 2.24) is 15.0 Å². The normalized spacial score (nSPS) is 11.8. The number of hydrogen-bond acceptors (Lipinski definition) is 5. The lowest BCUT2D eigenvalue weighted by molar-refractivity contribution is 0.879. The summed E-state index contributed by atoms with van der Waals surface area (Å²) < 4.78 is 0. The van der Waals surface area contributed by atoms with Crippen LogP contribution in [0.2, 0.25) is 0 Å². The molecule has 5 nitrogen and oxygen atoms in total. The number of nitrogens with zero attached hydrogens (tertiary/aromatic N) is 3. The van der Waals surface area contributed by atoms with Crippen molar-refractivity contribution in [2.75, 3.05) is 0 Å². The van der Waals surface area contributed by atoms with E-state index < -0.39 is 0 Å². The summed E-state index contributed by atoms with van der Waals surface area (Å²) in [5.74, 6) is 0.610. The summed E-state index contributed by atoms with van der Waals surface area (Å²) in [6.45, 7) is 3.72. The molecule has 19 heavy (non-hydrogen) atoms. The van der Waals surface area contributed by atoms with E-state index in [2.05, 4.69) is 21.0 Å². The highest BCUT2D eigenvalue weighted by Gasteiger charge is 2.12. The lowest BCUT2D eigenvalue weighted by Gasteiger charge is -2.10. The first-order valence-electron chi connectivity index (χ1n) is 5.69. The Morgan fingerprint density at radius 3 is 2.95 bits per heavy atom. The molecule has 1 atom stereocenters. The van der Waals surface area contributed by atoms with Gasteiger partial charge in [0.1, 0.15) is 5.82 Å². The van der Waals surface area contributed by atoms with E-state index in [0.717, 1.165) is 5.03 Å². The lowest BCUT2D eigenvalue weighted by atomic mass is 10.3. The third kappa shape index (κ3) is 3.42. The summed E-state index contributed by atoms with van der Waals surface area (Å²) in [4.78, 5) is 22.6. The van der Waals surface area contributed by atoms with Gasteiger partial charge in [0.2, 0.25) is 0 Å². The number of H-pyrrole nitrogens is 1. The quantitative estimate of drug-likeness (QED) is 0.866. The van der Waals surface area contributed by atoms with Gasteiger partial charge in [0.25, 0.3) is 5.56 Å². The molecule has 2 heterocycles. The van der Waals surface area contributed by atoms with Crippen LogP contribution in [0.5, 0.6) is 0 Å². The van der Waals surface area contributed by atoms with Gasteiger partial charge in [0, 0.05) is 18.0 Å². The van der Waals surface area contributed by atoms with Crippen molar-refractivity contribution in [2.45, 2.75) is 24.1 Å². The SMILES string of the molecule is Cc1cc(=O)[nH]c(C(C)Sc2cc(C#N)ccn2)n1. The van der Waals surface area contributed by atoms with Crippen molar-refractivity contribution in [3.63, 3.8) is 0 Å². The number of thioether (sulfide) groups is 1. The van der Waals surface area contributed by atoms with Crippen molar-refractivity contribution >= 4 is 11.8 Å². The van der Waals surface area contributed by atoms with Crippen LogP contribution in [-0.4, -0.2) is 15.0 Å². The third-order valence-corrected chi connectivity index (χ3v) is 3.48. The molecule has 2 rings (SSSR count). The minimum absolute atomic E-state index is 0.0472. The van der Waals surface area contributed by atoms with Gasteiger partial charge in [0.15, 0.2) is 0 Å². The Morgan fingerprint density at radius 2 is 2.26 bits per heavy atom. The Balaban J connectivity index is 2.23. The maximum Gasteiger partial charge on any atom is 0.251 e. The lowest BCUT2D eigenvalue weighted by Crippen LogP contribution is -2.12. The molecule has 2 aromatic rings. The fourth-order valence-corrected chi connectivity index (χ4v) is 2.48. The molecule has 2 aromatic heterocycles. The fourth-order valence-electron chi connectivity index (χ4n) is 1.58. The summed E-state index contributed by atoms with van der Waals surface area (Å²) in [5.41, 5.74) is 1.09. The minimum Gasteiger partial charge on any atom is -0.310 e. The van der Waals surface area contributed by atoms with Crippen molar-refractivity contribution in [1.29, 1.82) is 5.26 Å². The molecule has 96 valence electrons. The Kier molecular flexibility index (Phi) is 3.97. The maximum atomic E-state index is 11.4. The van der Waals surface area contributed by atoms with Crippen LogP contribution in [-0.2, 0) is 0 Å². The molecule has 0 bridgehead atoms. The Hall–Kier alpha value is -2.13. The molecule has 0 spiro atoms. The average Bonchev–Trinajstić information content (AvgIpc) is 2.37. The van der Waals surface area contributed by atoms with Gasteiger partial charge in [-0.2, -0.15) is 5.26 Å². The highest BCUT2D eigenvalue weighted by Crippen LogP contribution is 2.31. The minimum atomic E-state index is -0.159. The van der Waals surface area contributed by atoms with Crippen LogP contribution in [0.25, 0.3) is 0 Å². The van der Waals surface area contributed by atoms with E-state index >= 15 is 0 Å². The smallest absolute Gasteiger partial charge is 0.251 e. The van der Waals surface area contributed by atoms with Crippen LogP contribution in [0.4, 0.5) is 0 Å². The van der Waals surface area contributed by atoms with Gasteiger partial charge in [-0.15, -0.1) is 0 Å². The predicted molar refractivity (Wildman–Crippen MR) is 72.8 cm³/mol. The fraction of sp³-hybridized carbons (Fsp3) is 0.231. The van der Waals surface area contributed by atoms with E-state index in [0.29, 0.717) is 17.1 Å². The van der Waals surface area contributed by atoms with Crippen LogP contribution in [0.15, 0.2) is 34.2 Å². The maximum absolute atomic E-state index is 11.4. The first-order valence-corrected chi connectivity index (χ1v) is 6.57. The molecule has 0 aromatic carbocycles. The zero-order chi connectivity index (χ0) is 13.8. The Labute approximate surface area is 114 Å². The van der Waals surface area contributed by atoms with Crippen LogP contribution < -0.4 is 5.56 Å². The zero-order valence-electron chi connectivity index (χ0n) is 10.5. The average molecular weight is 272 g/mol. The third-order valence-electron chi connectivity index (χ3n) is 2.43. The van der Waals surface area contributed by atoms with E-state index in [-0.39, 0.29) is 10.8 Å². The van der Waals surface area contributed by atoms with E-state index in [4.69, 9.17) is 5.26 Å². The number of aryl methyl sites for hydroxylation is 1. The number of aromatic amines is 1. The number of aromatic nitrogens is 3. The molecule has 1 N–H and O–H groups in total. The molecule has 0 radical (unpaired) electrons. The molecular weight excluding hydrogens is 260 g/mol. The van der Waals surface area contributed by atoms with Crippen LogP contribution in [0.1, 0.15) is 29.3 Å². The molecule has 0 aliphatic carbocycles. The summed E-state index contributed by atoms with van der Waals surface area (Å²) in [6, 6.07) is 6.90. The van der Waals surface area contributed by atoms with Crippen LogP contribution >= 0.6 is 11.8 Å². The summed E-state index contributed by atoms with van der Waals surface area (Å²) in [7, 11) is 0. The van der Waals surface area contributed by atoms with E-state index in [1.54, 1.807) is 25.3 Å². The molecule has 0 saturated carbocycles. The molecular formula is C13H12N4OS. The van der Waals surface area contributed by atoms with Gasteiger partial charge in [-0.3, -0.25) is 4.79 Å². The first-order chi connectivity index (χ1) is 9.08. The summed E-state index contributed by atoms with van der Waals surface area (Å²) in [6.07, 6.45) is 1.60. The highest BCUT2D eigenvalue weighted by molar-refractivity contribution is 7.99. The molecule has 0 fully saturated rings.